The van der Waals surface area contributed by atoms with Crippen LogP contribution in [0.25, 0.3) is 0 Å². The van der Waals surface area contributed by atoms with Gasteiger partial charge in [0.1, 0.15) is 18.0 Å². The molecule has 2 aromatic carbocycles. The van der Waals surface area contributed by atoms with Crippen LogP contribution in [0.4, 0.5) is 14.9 Å². The summed E-state index contributed by atoms with van der Waals surface area (Å²) in [6.45, 7) is 1.07. The summed E-state index contributed by atoms with van der Waals surface area (Å²) in [6, 6.07) is 13.9. The molecule has 0 aliphatic carbocycles. The van der Waals surface area contributed by atoms with E-state index in [1.165, 1.54) is 17.0 Å². The predicted molar refractivity (Wildman–Crippen MR) is 114 cm³/mol. The SMILES string of the molecule is N#Cc1cc(Br)ccc1F.N#Cc1cc(Br)ccc1NC1CCN(C(=O)O)CC1. The molecule has 150 valence electrons. The quantitative estimate of drug-likeness (QED) is 0.553. The lowest BCUT2D eigenvalue weighted by atomic mass is 10.0. The largest absolute Gasteiger partial charge is 0.465 e. The number of benzene rings is 2. The minimum absolute atomic E-state index is 0.0642. The summed E-state index contributed by atoms with van der Waals surface area (Å²) in [7, 11) is 0. The van der Waals surface area contributed by atoms with Crippen LogP contribution < -0.4 is 5.32 Å². The molecule has 3 rings (SSSR count). The molecule has 6 nitrogen and oxygen atoms in total. The van der Waals surface area contributed by atoms with E-state index in [1.807, 2.05) is 12.1 Å². The summed E-state index contributed by atoms with van der Waals surface area (Å²) in [5.41, 5.74) is 1.46. The fraction of sp³-hybridized carbons (Fsp3) is 0.250. The predicted octanol–water partition coefficient (Wildman–Crippen LogP) is 5.33. The van der Waals surface area contributed by atoms with Crippen molar-refractivity contribution in [3.8, 4) is 12.1 Å². The Morgan fingerprint density at radius 2 is 1.62 bits per heavy atom. The van der Waals surface area contributed by atoms with Crippen LogP contribution in [0.3, 0.4) is 0 Å². The summed E-state index contributed by atoms with van der Waals surface area (Å²) in [5.74, 6) is -0.481. The highest BCUT2D eigenvalue weighted by Gasteiger charge is 2.22. The smallest absolute Gasteiger partial charge is 0.407 e. The van der Waals surface area contributed by atoms with Crippen molar-refractivity contribution in [2.45, 2.75) is 18.9 Å². The lowest BCUT2D eigenvalue weighted by Gasteiger charge is -2.31. The Hall–Kier alpha value is -2.62. The van der Waals surface area contributed by atoms with Gasteiger partial charge in [-0.2, -0.15) is 10.5 Å². The van der Waals surface area contributed by atoms with Gasteiger partial charge in [0.25, 0.3) is 0 Å². The maximum absolute atomic E-state index is 12.5. The van der Waals surface area contributed by atoms with E-state index in [2.05, 4.69) is 43.2 Å². The van der Waals surface area contributed by atoms with Gasteiger partial charge in [-0.3, -0.25) is 0 Å². The Kier molecular flexibility index (Phi) is 8.44. The first-order chi connectivity index (χ1) is 13.8. The highest BCUT2D eigenvalue weighted by molar-refractivity contribution is 9.10. The molecule has 1 saturated heterocycles. The number of nitrogens with one attached hydrogen (secondary N) is 1. The van der Waals surface area contributed by atoms with Crippen molar-refractivity contribution in [3.63, 3.8) is 0 Å². The Balaban J connectivity index is 0.000000253. The first-order valence-corrected chi connectivity index (χ1v) is 10.2. The Morgan fingerprint density at radius 1 is 1.07 bits per heavy atom. The fourth-order valence-corrected chi connectivity index (χ4v) is 3.48. The van der Waals surface area contributed by atoms with Crippen LogP contribution in [0.2, 0.25) is 0 Å². The second-order valence-electron chi connectivity index (χ2n) is 6.23. The van der Waals surface area contributed by atoms with E-state index in [-0.39, 0.29) is 11.6 Å². The summed E-state index contributed by atoms with van der Waals surface area (Å²) < 4.78 is 14.1. The number of nitriles is 2. The molecule has 1 aliphatic rings. The molecule has 1 amide bonds. The number of halogens is 3. The summed E-state index contributed by atoms with van der Waals surface area (Å²) >= 11 is 6.45. The van der Waals surface area contributed by atoms with Crippen LogP contribution in [-0.2, 0) is 0 Å². The van der Waals surface area contributed by atoms with Crippen molar-refractivity contribution >= 4 is 43.6 Å². The van der Waals surface area contributed by atoms with Gasteiger partial charge in [-0.15, -0.1) is 0 Å². The number of rotatable bonds is 2. The van der Waals surface area contributed by atoms with Gasteiger partial charge < -0.3 is 15.3 Å². The fourth-order valence-electron chi connectivity index (χ4n) is 2.75. The van der Waals surface area contributed by atoms with E-state index in [0.717, 1.165) is 23.0 Å². The molecule has 1 heterocycles. The highest BCUT2D eigenvalue weighted by atomic mass is 79.9. The number of carboxylic acid groups (broad SMARTS) is 1. The molecule has 2 N–H and O–H groups in total. The third kappa shape index (κ3) is 6.74. The molecule has 9 heteroatoms. The first-order valence-electron chi connectivity index (χ1n) is 8.63. The van der Waals surface area contributed by atoms with Gasteiger partial charge in [0.15, 0.2) is 0 Å². The van der Waals surface area contributed by atoms with Crippen molar-refractivity contribution < 1.29 is 14.3 Å². The van der Waals surface area contributed by atoms with Crippen molar-refractivity contribution in [1.82, 2.24) is 4.90 Å². The normalized spacial score (nSPS) is 13.5. The Morgan fingerprint density at radius 3 is 2.14 bits per heavy atom. The maximum Gasteiger partial charge on any atom is 0.407 e. The molecule has 1 aliphatic heterocycles. The minimum Gasteiger partial charge on any atom is -0.465 e. The van der Waals surface area contributed by atoms with Crippen LogP contribution >= 0.6 is 31.9 Å². The average molecular weight is 524 g/mol. The zero-order valence-corrected chi connectivity index (χ0v) is 18.4. The van der Waals surface area contributed by atoms with Crippen molar-refractivity contribution in [2.24, 2.45) is 0 Å². The van der Waals surface area contributed by atoms with Crippen LogP contribution in [0, 0.1) is 28.5 Å². The van der Waals surface area contributed by atoms with E-state index >= 15 is 0 Å². The van der Waals surface area contributed by atoms with E-state index < -0.39 is 11.9 Å². The van der Waals surface area contributed by atoms with Gasteiger partial charge >= 0.3 is 6.09 Å². The van der Waals surface area contributed by atoms with Crippen LogP contribution in [0.1, 0.15) is 24.0 Å². The monoisotopic (exact) mass is 522 g/mol. The van der Waals surface area contributed by atoms with E-state index in [4.69, 9.17) is 15.6 Å². The van der Waals surface area contributed by atoms with Crippen LogP contribution in [0.5, 0.6) is 0 Å². The van der Waals surface area contributed by atoms with Crippen molar-refractivity contribution in [1.29, 1.82) is 10.5 Å². The minimum atomic E-state index is -0.861. The molecule has 2 aromatic rings. The van der Waals surface area contributed by atoms with Gasteiger partial charge in [0, 0.05) is 28.1 Å². The second kappa shape index (κ2) is 10.8. The highest BCUT2D eigenvalue weighted by Crippen LogP contribution is 2.23. The topological polar surface area (TPSA) is 100 Å². The lowest BCUT2D eigenvalue weighted by molar-refractivity contribution is 0.134. The van der Waals surface area contributed by atoms with Gasteiger partial charge in [-0.1, -0.05) is 31.9 Å². The standard InChI is InChI=1S/C13H14BrN3O2.C7H3BrFN/c14-10-1-2-12(9(7-10)8-15)16-11-3-5-17(6-4-11)13(18)19;8-6-1-2-7(9)5(3-6)4-10/h1-2,7,11,16H,3-6H2,(H,18,19);1-3H. The summed E-state index contributed by atoms with van der Waals surface area (Å²) in [5, 5.41) is 29.6. The molecule has 1 fully saturated rings. The van der Waals surface area contributed by atoms with Gasteiger partial charge in [-0.25, -0.2) is 9.18 Å². The van der Waals surface area contributed by atoms with E-state index in [0.29, 0.717) is 23.1 Å². The van der Waals surface area contributed by atoms with Crippen molar-refractivity contribution in [3.05, 3.63) is 62.3 Å². The number of anilines is 1. The molecule has 0 atom stereocenters. The third-order valence-corrected chi connectivity index (χ3v) is 5.26. The second-order valence-corrected chi connectivity index (χ2v) is 8.06. The number of piperidine rings is 1. The first kappa shape index (κ1) is 22.7. The molecule has 0 aromatic heterocycles. The Bertz CT molecular complexity index is 964. The van der Waals surface area contributed by atoms with Gasteiger partial charge in [0.2, 0.25) is 0 Å². The number of hydrogen-bond donors (Lipinski definition) is 2. The van der Waals surface area contributed by atoms with E-state index in [1.54, 1.807) is 18.2 Å². The summed E-state index contributed by atoms with van der Waals surface area (Å²) in [6.07, 6.45) is 0.653. The number of amides is 1. The maximum atomic E-state index is 12.5. The van der Waals surface area contributed by atoms with Gasteiger partial charge in [-0.05, 0) is 49.2 Å². The molecule has 0 saturated carbocycles. The average Bonchev–Trinajstić information content (AvgIpc) is 2.72. The molecule has 0 spiro atoms. The van der Waals surface area contributed by atoms with Crippen molar-refractivity contribution in [2.75, 3.05) is 18.4 Å². The number of nitrogens with zero attached hydrogens (tertiary/aromatic N) is 3. The lowest BCUT2D eigenvalue weighted by Crippen LogP contribution is -2.41. The zero-order chi connectivity index (χ0) is 21.4. The molecule has 0 unspecified atom stereocenters. The van der Waals surface area contributed by atoms with E-state index in [9.17, 15) is 9.18 Å². The molecular weight excluding hydrogens is 507 g/mol. The number of carbonyl (C=O) groups is 1. The summed E-state index contributed by atoms with van der Waals surface area (Å²) in [4.78, 5) is 12.2. The molecular formula is C20H17Br2FN4O2. The number of hydrogen-bond acceptors (Lipinski definition) is 4. The number of likely N-dealkylation sites (tertiary alicyclic amines) is 1. The van der Waals surface area contributed by atoms with Crippen LogP contribution in [0.15, 0.2) is 45.3 Å². The molecule has 0 bridgehead atoms. The van der Waals surface area contributed by atoms with Gasteiger partial charge in [0.05, 0.1) is 16.8 Å². The molecule has 0 radical (unpaired) electrons. The Labute approximate surface area is 184 Å². The third-order valence-electron chi connectivity index (χ3n) is 4.28. The van der Waals surface area contributed by atoms with Crippen LogP contribution in [-0.4, -0.2) is 35.2 Å². The molecule has 29 heavy (non-hydrogen) atoms. The zero-order valence-electron chi connectivity index (χ0n) is 15.2.